The lowest BCUT2D eigenvalue weighted by Crippen LogP contribution is -2.13. The largest absolute Gasteiger partial charge is 0.378 e. The Hall–Kier alpha value is -3.86. The van der Waals surface area contributed by atoms with Crippen molar-refractivity contribution in [3.63, 3.8) is 0 Å². The minimum absolute atomic E-state index is 0.872. The zero-order chi connectivity index (χ0) is 20.8. The van der Waals surface area contributed by atoms with Crippen LogP contribution in [-0.4, -0.2) is 27.2 Å². The Morgan fingerprint density at radius 1 is 0.700 bits per heavy atom. The van der Waals surface area contributed by atoms with Crippen molar-refractivity contribution in [3.05, 3.63) is 90.8 Å². The zero-order valence-corrected chi connectivity index (χ0v) is 17.1. The Morgan fingerprint density at radius 2 is 1.30 bits per heavy atom. The van der Waals surface area contributed by atoms with Crippen LogP contribution in [0.25, 0.3) is 22.8 Å². The summed E-state index contributed by atoms with van der Waals surface area (Å²) in [6.07, 6.45) is 3.56. The maximum atomic E-state index is 4.65. The van der Waals surface area contributed by atoms with Crippen LogP contribution in [0.1, 0.15) is 12.5 Å². The maximum absolute atomic E-state index is 4.65. The van der Waals surface area contributed by atoms with Gasteiger partial charge in [0.15, 0.2) is 0 Å². The van der Waals surface area contributed by atoms with Crippen molar-refractivity contribution in [2.24, 2.45) is 4.99 Å². The van der Waals surface area contributed by atoms with E-state index < -0.39 is 0 Å². The van der Waals surface area contributed by atoms with E-state index in [0.29, 0.717) is 0 Å². The number of anilines is 1. The molecule has 1 aromatic carbocycles. The highest BCUT2D eigenvalue weighted by atomic mass is 15.0. The van der Waals surface area contributed by atoms with Crippen LogP contribution >= 0.6 is 0 Å². The van der Waals surface area contributed by atoms with Crippen LogP contribution in [0.15, 0.2) is 90.2 Å². The molecular formula is C25H23N5. The van der Waals surface area contributed by atoms with Crippen LogP contribution < -0.4 is 5.32 Å². The van der Waals surface area contributed by atoms with E-state index >= 15 is 0 Å². The fourth-order valence-electron chi connectivity index (χ4n) is 3.15. The predicted octanol–water partition coefficient (Wildman–Crippen LogP) is 5.72. The lowest BCUT2D eigenvalue weighted by Gasteiger charge is -2.14. The van der Waals surface area contributed by atoms with E-state index in [0.717, 1.165) is 52.0 Å². The van der Waals surface area contributed by atoms with E-state index in [2.05, 4.69) is 32.2 Å². The zero-order valence-electron chi connectivity index (χ0n) is 17.1. The maximum Gasteiger partial charge on any atom is 0.0896 e. The number of benzene rings is 1. The minimum Gasteiger partial charge on any atom is -0.378 e. The Bertz CT molecular complexity index is 1100. The average Bonchev–Trinajstić information content (AvgIpc) is 2.80. The fourth-order valence-corrected chi connectivity index (χ4v) is 3.15. The molecule has 0 bridgehead atoms. The Morgan fingerprint density at radius 3 is 1.90 bits per heavy atom. The molecule has 30 heavy (non-hydrogen) atoms. The van der Waals surface area contributed by atoms with Crippen molar-refractivity contribution < 1.29 is 0 Å². The van der Waals surface area contributed by atoms with Gasteiger partial charge in [0.05, 0.1) is 40.7 Å². The molecule has 0 aliphatic carbocycles. The molecule has 0 amide bonds. The quantitative estimate of drug-likeness (QED) is 0.473. The van der Waals surface area contributed by atoms with Crippen molar-refractivity contribution in [3.8, 4) is 22.8 Å². The van der Waals surface area contributed by atoms with Gasteiger partial charge in [0.2, 0.25) is 0 Å². The van der Waals surface area contributed by atoms with Gasteiger partial charge in [-0.15, -0.1) is 0 Å². The van der Waals surface area contributed by atoms with Crippen LogP contribution in [0.5, 0.6) is 0 Å². The molecule has 3 aromatic heterocycles. The lowest BCUT2D eigenvalue weighted by atomic mass is 10.1. The van der Waals surface area contributed by atoms with Crippen molar-refractivity contribution in [2.45, 2.75) is 13.8 Å². The number of fused-ring (bicyclic) bond motifs is 1. The first-order valence-corrected chi connectivity index (χ1v) is 9.87. The van der Waals surface area contributed by atoms with E-state index in [4.69, 9.17) is 0 Å². The van der Waals surface area contributed by atoms with Gasteiger partial charge >= 0.3 is 0 Å². The van der Waals surface area contributed by atoms with E-state index in [9.17, 15) is 0 Å². The molecular weight excluding hydrogens is 370 g/mol. The normalized spacial score (nSPS) is 12.0. The van der Waals surface area contributed by atoms with Gasteiger partial charge in [-0.25, -0.2) is 4.98 Å². The third-order valence-corrected chi connectivity index (χ3v) is 4.57. The van der Waals surface area contributed by atoms with Gasteiger partial charge in [0.1, 0.15) is 0 Å². The number of nitrogens with zero attached hydrogens (tertiary/aromatic N) is 4. The number of hydrogen-bond acceptors (Lipinski definition) is 5. The van der Waals surface area contributed by atoms with Crippen LogP contribution in [-0.2, 0) is 0 Å². The predicted molar refractivity (Wildman–Crippen MR) is 123 cm³/mol. The van der Waals surface area contributed by atoms with Crippen LogP contribution in [0, 0.1) is 6.92 Å². The Balaban J connectivity index is 0.000000168. The summed E-state index contributed by atoms with van der Waals surface area (Å²) in [5, 5.41) is 3.28. The second kappa shape index (κ2) is 9.09. The fraction of sp³-hybridized carbons (Fsp3) is 0.120. The molecule has 5 heteroatoms. The van der Waals surface area contributed by atoms with Gasteiger partial charge in [-0.2, -0.15) is 0 Å². The van der Waals surface area contributed by atoms with Gasteiger partial charge < -0.3 is 5.32 Å². The molecule has 4 heterocycles. The van der Waals surface area contributed by atoms with E-state index in [1.807, 2.05) is 79.7 Å². The summed E-state index contributed by atoms with van der Waals surface area (Å²) < 4.78 is 0. The Labute approximate surface area is 176 Å². The molecule has 0 fully saturated rings. The lowest BCUT2D eigenvalue weighted by molar-refractivity contribution is 1.20. The summed E-state index contributed by atoms with van der Waals surface area (Å²) >= 11 is 0. The summed E-state index contributed by atoms with van der Waals surface area (Å²) in [4.78, 5) is 17.7. The monoisotopic (exact) mass is 393 g/mol. The number of hydrogen-bond donors (Lipinski definition) is 1. The smallest absolute Gasteiger partial charge is 0.0896 e. The van der Waals surface area contributed by atoms with Crippen molar-refractivity contribution in [1.82, 2.24) is 15.0 Å². The van der Waals surface area contributed by atoms with Crippen LogP contribution in [0.4, 0.5) is 11.4 Å². The molecule has 0 unspecified atom stereocenters. The summed E-state index contributed by atoms with van der Waals surface area (Å²) in [7, 11) is 0. The van der Waals surface area contributed by atoms with Gasteiger partial charge in [-0.3, -0.25) is 15.0 Å². The first-order chi connectivity index (χ1) is 14.7. The molecule has 5 rings (SSSR count). The van der Waals surface area contributed by atoms with E-state index in [-0.39, 0.29) is 0 Å². The molecule has 5 nitrogen and oxygen atoms in total. The second-order valence-electron chi connectivity index (χ2n) is 7.06. The molecule has 1 N–H and O–H groups in total. The molecule has 148 valence electrons. The number of aromatic nitrogens is 3. The summed E-state index contributed by atoms with van der Waals surface area (Å²) in [6.45, 7) is 4.96. The third-order valence-electron chi connectivity index (χ3n) is 4.57. The number of para-hydroxylation sites is 2. The number of aliphatic imine (C=N–C) groups is 1. The third kappa shape index (κ3) is 4.75. The van der Waals surface area contributed by atoms with Crippen LogP contribution in [0.3, 0.4) is 0 Å². The van der Waals surface area contributed by atoms with E-state index in [1.165, 1.54) is 0 Å². The standard InChI is InChI=1S/C16H13N3.C9H10N2/c1-12-10-15(13-6-2-4-8-17-13)19-16(11-12)14-7-3-5-9-18-14;1-7-6-10-8-4-2-3-5-9(8)11-7/h2-11H,1H3;2-5,10H,6H2,1H3. The number of nitrogens with one attached hydrogen (secondary N) is 1. The summed E-state index contributed by atoms with van der Waals surface area (Å²) in [5.41, 5.74) is 7.99. The number of rotatable bonds is 2. The molecule has 0 atom stereocenters. The molecule has 1 aliphatic heterocycles. The van der Waals surface area contributed by atoms with Gasteiger partial charge in [0, 0.05) is 18.1 Å². The van der Waals surface area contributed by atoms with Crippen molar-refractivity contribution in [2.75, 3.05) is 11.9 Å². The highest BCUT2D eigenvalue weighted by Crippen LogP contribution is 2.26. The molecule has 4 aromatic rings. The van der Waals surface area contributed by atoms with Gasteiger partial charge in [0.25, 0.3) is 0 Å². The van der Waals surface area contributed by atoms with Gasteiger partial charge in [-0.1, -0.05) is 24.3 Å². The second-order valence-corrected chi connectivity index (χ2v) is 7.06. The Kier molecular flexibility index (Phi) is 5.90. The SMILES string of the molecule is CC1=Nc2ccccc2NC1.Cc1cc(-c2ccccn2)nc(-c2ccccn2)c1. The molecule has 1 aliphatic rings. The number of aryl methyl sites for hydroxylation is 1. The van der Waals surface area contributed by atoms with Gasteiger partial charge in [-0.05, 0) is 67.9 Å². The molecule has 0 saturated carbocycles. The summed E-state index contributed by atoms with van der Waals surface area (Å²) in [6, 6.07) is 23.8. The highest BCUT2D eigenvalue weighted by Gasteiger charge is 2.07. The average molecular weight is 393 g/mol. The first kappa shape index (κ1) is 19.5. The molecule has 0 spiro atoms. The van der Waals surface area contributed by atoms with Crippen molar-refractivity contribution >= 4 is 17.1 Å². The van der Waals surface area contributed by atoms with E-state index in [1.54, 1.807) is 12.4 Å². The molecule has 0 saturated heterocycles. The summed E-state index contributed by atoms with van der Waals surface area (Å²) in [5.74, 6) is 0. The number of pyridine rings is 3. The highest BCUT2D eigenvalue weighted by molar-refractivity contribution is 5.93. The van der Waals surface area contributed by atoms with Crippen molar-refractivity contribution in [1.29, 1.82) is 0 Å². The first-order valence-electron chi connectivity index (χ1n) is 9.87. The topological polar surface area (TPSA) is 63.1 Å². The minimum atomic E-state index is 0.872. The van der Waals surface area contributed by atoms with Crippen LogP contribution in [0.2, 0.25) is 0 Å². The molecule has 0 radical (unpaired) electrons.